The minimum atomic E-state index is -0.438. The predicted octanol–water partition coefficient (Wildman–Crippen LogP) is 2.85. The lowest BCUT2D eigenvalue weighted by Gasteiger charge is -2.31. The van der Waals surface area contributed by atoms with Gasteiger partial charge in [-0.1, -0.05) is 0 Å². The molecule has 4 heterocycles. The van der Waals surface area contributed by atoms with Crippen molar-refractivity contribution in [2.24, 2.45) is 0 Å². The maximum atomic E-state index is 12.1. The number of pyridine rings is 2. The molecule has 0 spiro atoms. The van der Waals surface area contributed by atoms with E-state index in [-0.39, 0.29) is 6.10 Å². The molecule has 1 aliphatic carbocycles. The third kappa shape index (κ3) is 5.01. The van der Waals surface area contributed by atoms with Crippen LogP contribution < -0.4 is 15.0 Å². The smallest absolute Gasteiger partial charge is 0.339 e. The number of carbonyl (C=O) groups is 1. The number of esters is 1. The zero-order chi connectivity index (χ0) is 23.3. The fourth-order valence-electron chi connectivity index (χ4n) is 4.39. The van der Waals surface area contributed by atoms with E-state index in [1.807, 2.05) is 6.07 Å². The first-order valence-corrected chi connectivity index (χ1v) is 11.6. The number of ether oxygens (including phenoxy) is 3. The average Bonchev–Trinajstić information content (AvgIpc) is 2.90. The first-order chi connectivity index (χ1) is 16.7. The third-order valence-electron chi connectivity index (χ3n) is 6.24. The first kappa shape index (κ1) is 22.3. The molecule has 34 heavy (non-hydrogen) atoms. The second kappa shape index (κ2) is 10.2. The molecule has 2 aliphatic rings. The summed E-state index contributed by atoms with van der Waals surface area (Å²) in [7, 11) is 1.36. The summed E-state index contributed by atoms with van der Waals surface area (Å²) < 4.78 is 16.8. The summed E-state index contributed by atoms with van der Waals surface area (Å²) in [6.07, 6.45) is 8.65. The van der Waals surface area contributed by atoms with E-state index in [2.05, 4.69) is 25.2 Å². The van der Waals surface area contributed by atoms with Crippen molar-refractivity contribution in [3.05, 3.63) is 42.4 Å². The van der Waals surface area contributed by atoms with E-state index in [0.29, 0.717) is 42.0 Å². The van der Waals surface area contributed by atoms with Crippen LogP contribution in [0.1, 0.15) is 36.0 Å². The molecule has 178 valence electrons. The van der Waals surface area contributed by atoms with Crippen LogP contribution in [0.4, 0.5) is 11.8 Å². The molecule has 1 N–H and O–H groups in total. The lowest BCUT2D eigenvalue weighted by Crippen LogP contribution is -2.37. The standard InChI is InChI=1S/C24H28N6O4/c1-32-23(31)16-13-19-20(27-15-16)14-21(30-9-11-33-12-10-30)29-22(19)34-18-5-3-17(4-6-18)28-24-25-7-2-8-26-24/h2,7-8,13-15,17-18H,3-6,9-12H2,1H3,(H,25,26,28)/t17-,18+. The van der Waals surface area contributed by atoms with Crippen LogP contribution in [0.25, 0.3) is 10.9 Å². The van der Waals surface area contributed by atoms with E-state index in [4.69, 9.17) is 19.2 Å². The number of fused-ring (bicyclic) bond motifs is 1. The normalized spacial score (nSPS) is 20.7. The van der Waals surface area contributed by atoms with E-state index in [1.165, 1.54) is 13.3 Å². The van der Waals surface area contributed by atoms with Gasteiger partial charge in [-0.15, -0.1) is 0 Å². The molecule has 10 nitrogen and oxygen atoms in total. The van der Waals surface area contributed by atoms with Gasteiger partial charge in [0.2, 0.25) is 11.8 Å². The summed E-state index contributed by atoms with van der Waals surface area (Å²) in [5.74, 6) is 1.52. The number of hydrogen-bond donors (Lipinski definition) is 1. The van der Waals surface area contributed by atoms with Crippen molar-refractivity contribution >= 4 is 28.6 Å². The number of carbonyl (C=O) groups excluding carboxylic acids is 1. The highest BCUT2D eigenvalue weighted by Crippen LogP contribution is 2.32. The molecule has 2 fully saturated rings. The molecular weight excluding hydrogens is 436 g/mol. The number of anilines is 2. The number of nitrogens with one attached hydrogen (secondary N) is 1. The number of methoxy groups -OCH3 is 1. The van der Waals surface area contributed by atoms with Gasteiger partial charge in [-0.05, 0) is 37.8 Å². The van der Waals surface area contributed by atoms with Gasteiger partial charge in [-0.3, -0.25) is 4.98 Å². The van der Waals surface area contributed by atoms with Crippen molar-refractivity contribution in [2.75, 3.05) is 43.6 Å². The predicted molar refractivity (Wildman–Crippen MR) is 126 cm³/mol. The van der Waals surface area contributed by atoms with Crippen LogP contribution in [0.5, 0.6) is 5.88 Å². The van der Waals surface area contributed by atoms with Gasteiger partial charge in [0.1, 0.15) is 11.9 Å². The number of rotatable bonds is 6. The molecule has 3 aromatic rings. The fourth-order valence-corrected chi connectivity index (χ4v) is 4.39. The van der Waals surface area contributed by atoms with Crippen LogP contribution in [0.15, 0.2) is 36.8 Å². The zero-order valence-corrected chi connectivity index (χ0v) is 19.1. The molecule has 1 saturated carbocycles. The van der Waals surface area contributed by atoms with Crippen molar-refractivity contribution in [2.45, 2.75) is 37.8 Å². The molecule has 0 bridgehead atoms. The lowest BCUT2D eigenvalue weighted by molar-refractivity contribution is 0.0600. The van der Waals surface area contributed by atoms with Crippen LogP contribution in [0.3, 0.4) is 0 Å². The molecule has 3 aromatic heterocycles. The van der Waals surface area contributed by atoms with E-state index < -0.39 is 5.97 Å². The SMILES string of the molecule is COC(=O)c1cnc2cc(N3CCOCC3)nc(O[C@H]3CC[C@@H](Nc4ncccn4)CC3)c2c1. The van der Waals surface area contributed by atoms with Gasteiger partial charge >= 0.3 is 5.97 Å². The van der Waals surface area contributed by atoms with Crippen molar-refractivity contribution in [1.29, 1.82) is 0 Å². The van der Waals surface area contributed by atoms with Gasteiger partial charge in [0.25, 0.3) is 0 Å². The summed E-state index contributed by atoms with van der Waals surface area (Å²) in [5, 5.41) is 4.11. The average molecular weight is 465 g/mol. The maximum absolute atomic E-state index is 12.1. The van der Waals surface area contributed by atoms with Crippen molar-refractivity contribution < 1.29 is 19.0 Å². The van der Waals surface area contributed by atoms with Crippen LogP contribution in [-0.2, 0) is 9.47 Å². The largest absolute Gasteiger partial charge is 0.474 e. The maximum Gasteiger partial charge on any atom is 0.339 e. The Kier molecular flexibility index (Phi) is 6.66. The second-order valence-electron chi connectivity index (χ2n) is 8.48. The quantitative estimate of drug-likeness (QED) is 0.547. The molecule has 0 amide bonds. The summed E-state index contributed by atoms with van der Waals surface area (Å²) in [4.78, 5) is 32.1. The molecular formula is C24H28N6O4. The van der Waals surface area contributed by atoms with E-state index in [1.54, 1.807) is 24.5 Å². The molecule has 0 aromatic carbocycles. The molecule has 1 saturated heterocycles. The third-order valence-corrected chi connectivity index (χ3v) is 6.24. The molecule has 1 aliphatic heterocycles. The fraction of sp³-hybridized carbons (Fsp3) is 0.458. The Hall–Kier alpha value is -3.53. The van der Waals surface area contributed by atoms with Crippen LogP contribution >= 0.6 is 0 Å². The Morgan fingerprint density at radius 2 is 1.85 bits per heavy atom. The first-order valence-electron chi connectivity index (χ1n) is 11.6. The number of nitrogens with zero attached hydrogens (tertiary/aromatic N) is 5. The molecule has 0 unspecified atom stereocenters. The molecule has 0 atom stereocenters. The second-order valence-corrected chi connectivity index (χ2v) is 8.48. The van der Waals surface area contributed by atoms with Gasteiger partial charge in [0.05, 0.1) is 36.8 Å². The molecule has 5 rings (SSSR count). The zero-order valence-electron chi connectivity index (χ0n) is 19.1. The van der Waals surface area contributed by atoms with Gasteiger partial charge in [0.15, 0.2) is 0 Å². The van der Waals surface area contributed by atoms with Crippen LogP contribution in [0.2, 0.25) is 0 Å². The Labute approximate surface area is 197 Å². The number of morpholine rings is 1. The molecule has 10 heteroatoms. The van der Waals surface area contributed by atoms with E-state index >= 15 is 0 Å². The van der Waals surface area contributed by atoms with Crippen LogP contribution in [-0.4, -0.2) is 71.5 Å². The lowest BCUT2D eigenvalue weighted by atomic mass is 9.93. The monoisotopic (exact) mass is 464 g/mol. The number of aromatic nitrogens is 4. The van der Waals surface area contributed by atoms with Gasteiger partial charge in [-0.25, -0.2) is 14.8 Å². The Balaban J connectivity index is 1.36. The van der Waals surface area contributed by atoms with Crippen molar-refractivity contribution in [3.63, 3.8) is 0 Å². The summed E-state index contributed by atoms with van der Waals surface area (Å²) >= 11 is 0. The highest BCUT2D eigenvalue weighted by atomic mass is 16.5. The Bertz CT molecular complexity index is 1130. The van der Waals surface area contributed by atoms with Gasteiger partial charge in [-0.2, -0.15) is 4.98 Å². The summed E-state index contributed by atoms with van der Waals surface area (Å²) in [5.41, 5.74) is 1.10. The summed E-state index contributed by atoms with van der Waals surface area (Å²) in [6, 6.07) is 5.80. The van der Waals surface area contributed by atoms with Crippen molar-refractivity contribution in [1.82, 2.24) is 19.9 Å². The highest BCUT2D eigenvalue weighted by molar-refractivity contribution is 5.95. The summed E-state index contributed by atoms with van der Waals surface area (Å²) in [6.45, 7) is 2.84. The highest BCUT2D eigenvalue weighted by Gasteiger charge is 2.25. The van der Waals surface area contributed by atoms with E-state index in [0.717, 1.165) is 50.1 Å². The topological polar surface area (TPSA) is 112 Å². The number of hydrogen-bond acceptors (Lipinski definition) is 10. The van der Waals surface area contributed by atoms with Gasteiger partial charge < -0.3 is 24.4 Å². The minimum Gasteiger partial charge on any atom is -0.474 e. The van der Waals surface area contributed by atoms with Gasteiger partial charge in [0, 0.05) is 43.8 Å². The molecule has 0 radical (unpaired) electrons. The minimum absolute atomic E-state index is 0.0205. The van der Waals surface area contributed by atoms with E-state index in [9.17, 15) is 4.79 Å². The Morgan fingerprint density at radius 1 is 1.09 bits per heavy atom. The van der Waals surface area contributed by atoms with Crippen molar-refractivity contribution in [3.8, 4) is 5.88 Å². The van der Waals surface area contributed by atoms with Crippen LogP contribution in [0, 0.1) is 0 Å². The Morgan fingerprint density at radius 3 is 2.59 bits per heavy atom.